The number of hydrogen-bond acceptors (Lipinski definition) is 2. The van der Waals surface area contributed by atoms with Gasteiger partial charge >= 0.3 is 0 Å². The molecular formula is C14H12N2O. The number of para-hydroxylation sites is 1. The lowest BCUT2D eigenvalue weighted by molar-refractivity contribution is 1.10. The molecule has 0 aliphatic heterocycles. The Morgan fingerprint density at radius 2 is 1.71 bits per heavy atom. The SMILES string of the molecule is Cc1ccc2c(=O)c3ccccc3n(N)c2c1. The van der Waals surface area contributed by atoms with Gasteiger partial charge in [0, 0.05) is 10.8 Å². The number of hydrogen-bond donors (Lipinski definition) is 1. The van der Waals surface area contributed by atoms with Crippen LogP contribution in [0.2, 0.25) is 0 Å². The largest absolute Gasteiger partial charge is 0.339 e. The highest BCUT2D eigenvalue weighted by Gasteiger charge is 2.08. The quantitative estimate of drug-likeness (QED) is 0.470. The monoisotopic (exact) mass is 224 g/mol. The maximum Gasteiger partial charge on any atom is 0.197 e. The number of nitrogens with two attached hydrogens (primary N) is 1. The third kappa shape index (κ3) is 1.32. The molecular weight excluding hydrogens is 212 g/mol. The Balaban J connectivity index is 2.68. The Morgan fingerprint density at radius 3 is 2.53 bits per heavy atom. The fraction of sp³-hybridized carbons (Fsp3) is 0.0714. The molecule has 1 heterocycles. The number of benzene rings is 2. The Bertz CT molecular complexity index is 787. The molecule has 0 radical (unpaired) electrons. The highest BCUT2D eigenvalue weighted by atomic mass is 16.1. The first-order chi connectivity index (χ1) is 8.18. The van der Waals surface area contributed by atoms with E-state index in [0.717, 1.165) is 16.6 Å². The van der Waals surface area contributed by atoms with Crippen molar-refractivity contribution in [2.24, 2.45) is 0 Å². The van der Waals surface area contributed by atoms with Crippen molar-refractivity contribution in [2.45, 2.75) is 6.92 Å². The standard InChI is InChI=1S/C14H12N2O/c1-9-6-7-11-13(8-9)16(15)12-5-3-2-4-10(12)14(11)17/h2-8H,15H2,1H3. The van der Waals surface area contributed by atoms with Crippen molar-refractivity contribution in [1.29, 1.82) is 0 Å². The third-order valence-electron chi connectivity index (χ3n) is 3.07. The molecule has 0 bridgehead atoms. The van der Waals surface area contributed by atoms with Crippen LogP contribution >= 0.6 is 0 Å². The van der Waals surface area contributed by atoms with Crippen molar-refractivity contribution >= 4 is 21.8 Å². The van der Waals surface area contributed by atoms with Crippen LogP contribution in [-0.4, -0.2) is 4.68 Å². The van der Waals surface area contributed by atoms with Crippen molar-refractivity contribution in [3.8, 4) is 0 Å². The molecule has 0 saturated heterocycles. The van der Waals surface area contributed by atoms with Crippen LogP contribution in [0, 0.1) is 6.92 Å². The zero-order valence-corrected chi connectivity index (χ0v) is 9.47. The number of aromatic nitrogens is 1. The van der Waals surface area contributed by atoms with Crippen LogP contribution in [-0.2, 0) is 0 Å². The van der Waals surface area contributed by atoms with Crippen LogP contribution in [0.5, 0.6) is 0 Å². The molecule has 3 aromatic rings. The van der Waals surface area contributed by atoms with Gasteiger partial charge in [0.15, 0.2) is 5.43 Å². The first-order valence-electron chi connectivity index (χ1n) is 5.47. The van der Waals surface area contributed by atoms with E-state index in [2.05, 4.69) is 0 Å². The minimum Gasteiger partial charge on any atom is -0.339 e. The molecule has 84 valence electrons. The fourth-order valence-corrected chi connectivity index (χ4v) is 2.18. The number of aryl methyl sites for hydroxylation is 1. The second-order valence-electron chi connectivity index (χ2n) is 4.24. The summed E-state index contributed by atoms with van der Waals surface area (Å²) in [6.45, 7) is 1.99. The van der Waals surface area contributed by atoms with Gasteiger partial charge in [-0.2, -0.15) is 0 Å². The second-order valence-corrected chi connectivity index (χ2v) is 4.24. The molecule has 0 atom stereocenters. The van der Waals surface area contributed by atoms with Gasteiger partial charge in [0.2, 0.25) is 0 Å². The van der Waals surface area contributed by atoms with Crippen molar-refractivity contribution in [2.75, 3.05) is 5.84 Å². The van der Waals surface area contributed by atoms with E-state index in [1.165, 1.54) is 0 Å². The van der Waals surface area contributed by atoms with E-state index >= 15 is 0 Å². The molecule has 0 saturated carbocycles. The summed E-state index contributed by atoms with van der Waals surface area (Å²) in [6.07, 6.45) is 0. The van der Waals surface area contributed by atoms with Crippen molar-refractivity contribution in [1.82, 2.24) is 4.68 Å². The number of fused-ring (bicyclic) bond motifs is 2. The minimum absolute atomic E-state index is 0.0392. The first kappa shape index (κ1) is 9.90. The molecule has 2 N–H and O–H groups in total. The van der Waals surface area contributed by atoms with Gasteiger partial charge in [-0.3, -0.25) is 9.47 Å². The lowest BCUT2D eigenvalue weighted by Crippen LogP contribution is -2.17. The summed E-state index contributed by atoms with van der Waals surface area (Å²) >= 11 is 0. The van der Waals surface area contributed by atoms with Crippen molar-refractivity contribution in [3.63, 3.8) is 0 Å². The fourth-order valence-electron chi connectivity index (χ4n) is 2.18. The van der Waals surface area contributed by atoms with E-state index < -0.39 is 0 Å². The van der Waals surface area contributed by atoms with Crippen LogP contribution in [0.4, 0.5) is 0 Å². The van der Waals surface area contributed by atoms with Crippen molar-refractivity contribution < 1.29 is 0 Å². The zero-order valence-electron chi connectivity index (χ0n) is 9.47. The Morgan fingerprint density at radius 1 is 1.00 bits per heavy atom. The summed E-state index contributed by atoms with van der Waals surface area (Å²) < 4.78 is 1.58. The molecule has 0 fully saturated rings. The predicted molar refractivity (Wildman–Crippen MR) is 70.6 cm³/mol. The summed E-state index contributed by atoms with van der Waals surface area (Å²) in [6, 6.07) is 13.1. The maximum absolute atomic E-state index is 12.3. The summed E-state index contributed by atoms with van der Waals surface area (Å²) in [7, 11) is 0. The van der Waals surface area contributed by atoms with Gasteiger partial charge in [-0.25, -0.2) is 0 Å². The highest BCUT2D eigenvalue weighted by Crippen LogP contribution is 2.17. The summed E-state index contributed by atoms with van der Waals surface area (Å²) in [5.74, 6) is 6.07. The van der Waals surface area contributed by atoms with E-state index in [1.54, 1.807) is 10.7 Å². The zero-order chi connectivity index (χ0) is 12.0. The summed E-state index contributed by atoms with van der Waals surface area (Å²) in [5, 5.41) is 1.32. The van der Waals surface area contributed by atoms with Gasteiger partial charge in [0.1, 0.15) is 0 Å². The number of nitrogen functional groups attached to an aromatic ring is 1. The van der Waals surface area contributed by atoms with Crippen LogP contribution in [0.25, 0.3) is 21.8 Å². The molecule has 3 heteroatoms. The van der Waals surface area contributed by atoms with Crippen LogP contribution in [0.3, 0.4) is 0 Å². The Hall–Kier alpha value is -2.29. The lowest BCUT2D eigenvalue weighted by Gasteiger charge is -2.10. The summed E-state index contributed by atoms with van der Waals surface area (Å²) in [5.41, 5.74) is 2.66. The molecule has 3 rings (SSSR count). The van der Waals surface area contributed by atoms with Crippen LogP contribution in [0.15, 0.2) is 47.3 Å². The van der Waals surface area contributed by atoms with Gasteiger partial charge in [-0.1, -0.05) is 18.2 Å². The van der Waals surface area contributed by atoms with E-state index in [4.69, 9.17) is 5.84 Å². The van der Waals surface area contributed by atoms with Crippen molar-refractivity contribution in [3.05, 3.63) is 58.3 Å². The van der Waals surface area contributed by atoms with Gasteiger partial charge in [0.25, 0.3) is 0 Å². The minimum atomic E-state index is 0.0392. The highest BCUT2D eigenvalue weighted by molar-refractivity contribution is 5.93. The molecule has 17 heavy (non-hydrogen) atoms. The first-order valence-corrected chi connectivity index (χ1v) is 5.47. The van der Waals surface area contributed by atoms with Gasteiger partial charge in [-0.15, -0.1) is 0 Å². The molecule has 0 unspecified atom stereocenters. The number of nitrogens with zero attached hydrogens (tertiary/aromatic N) is 1. The lowest BCUT2D eigenvalue weighted by atomic mass is 10.1. The molecule has 3 nitrogen and oxygen atoms in total. The Labute approximate surface area is 98.1 Å². The molecule has 2 aromatic carbocycles. The molecule has 0 spiro atoms. The maximum atomic E-state index is 12.3. The smallest absolute Gasteiger partial charge is 0.197 e. The topological polar surface area (TPSA) is 48.0 Å². The van der Waals surface area contributed by atoms with Crippen LogP contribution in [0.1, 0.15) is 5.56 Å². The average Bonchev–Trinajstić information content (AvgIpc) is 2.36. The van der Waals surface area contributed by atoms with E-state index in [-0.39, 0.29) is 5.43 Å². The molecule has 1 aromatic heterocycles. The van der Waals surface area contributed by atoms with E-state index in [9.17, 15) is 4.79 Å². The Kier molecular flexibility index (Phi) is 1.95. The molecule has 0 amide bonds. The van der Waals surface area contributed by atoms with Gasteiger partial charge < -0.3 is 5.84 Å². The second kappa shape index (κ2) is 3.35. The number of pyridine rings is 1. The predicted octanol–water partition coefficient (Wildman–Crippen LogP) is 2.18. The molecule has 0 aliphatic carbocycles. The summed E-state index contributed by atoms with van der Waals surface area (Å²) in [4.78, 5) is 12.3. The van der Waals surface area contributed by atoms with Crippen LogP contribution < -0.4 is 11.3 Å². The average molecular weight is 224 g/mol. The van der Waals surface area contributed by atoms with E-state index in [0.29, 0.717) is 10.8 Å². The van der Waals surface area contributed by atoms with E-state index in [1.807, 2.05) is 43.3 Å². The number of rotatable bonds is 0. The van der Waals surface area contributed by atoms with Gasteiger partial charge in [-0.05, 0) is 36.8 Å². The normalized spacial score (nSPS) is 11.1. The molecule has 0 aliphatic rings. The van der Waals surface area contributed by atoms with Gasteiger partial charge in [0.05, 0.1) is 11.0 Å². The third-order valence-corrected chi connectivity index (χ3v) is 3.07.